The van der Waals surface area contributed by atoms with E-state index in [2.05, 4.69) is 49.8 Å². The first-order valence-electron chi connectivity index (χ1n) is 28.2. The molecule has 0 saturated heterocycles. The van der Waals surface area contributed by atoms with Crippen molar-refractivity contribution >= 4 is 18.5 Å². The summed E-state index contributed by atoms with van der Waals surface area (Å²) in [6.45, 7) is 17.0. The maximum atomic E-state index is 12.7. The summed E-state index contributed by atoms with van der Waals surface area (Å²) in [5.41, 5.74) is 2.09. The lowest BCUT2D eigenvalue weighted by atomic mass is 10.0. The molecular weight excluding hydrogens is 835 g/mol. The number of rotatable bonds is 46. The van der Waals surface area contributed by atoms with Crippen LogP contribution < -0.4 is 10.6 Å². The van der Waals surface area contributed by atoms with Crippen LogP contribution in [0.15, 0.2) is 23.7 Å². The fraction of sp³-hybridized carbons (Fsp3) is 0.877. The molecule has 0 aromatic heterocycles. The highest BCUT2D eigenvalue weighted by molar-refractivity contribution is 5.95. The van der Waals surface area contributed by atoms with Crippen LogP contribution in [0.1, 0.15) is 252 Å². The molecule has 1 atom stereocenters. The molecule has 0 saturated carbocycles. The van der Waals surface area contributed by atoms with Crippen LogP contribution in [0.2, 0.25) is 0 Å². The third-order valence-corrected chi connectivity index (χ3v) is 13.4. The van der Waals surface area contributed by atoms with Gasteiger partial charge in [0, 0.05) is 54.7 Å². The van der Waals surface area contributed by atoms with Crippen LogP contribution in [-0.2, 0) is 23.9 Å². The van der Waals surface area contributed by atoms with Crippen LogP contribution in [0.25, 0.3) is 0 Å². The molecule has 1 heterocycles. The molecule has 2 N–H and O–H groups in total. The number of likely N-dealkylation sites (N-methyl/N-ethyl adjacent to an activating group) is 3. The van der Waals surface area contributed by atoms with Crippen molar-refractivity contribution < 1.29 is 23.9 Å². The molecule has 0 radical (unpaired) electrons. The van der Waals surface area contributed by atoms with Gasteiger partial charge in [0.15, 0.2) is 0 Å². The van der Waals surface area contributed by atoms with E-state index in [0.717, 1.165) is 88.7 Å². The molecule has 0 spiro atoms. The fourth-order valence-corrected chi connectivity index (χ4v) is 8.69. The Bertz CT molecular complexity index is 1110. The van der Waals surface area contributed by atoms with Gasteiger partial charge in [-0.25, -0.2) is 0 Å². The number of unbranched alkanes of at least 4 members (excludes halogenated alkanes) is 25. The van der Waals surface area contributed by atoms with Crippen molar-refractivity contribution in [2.45, 2.75) is 265 Å². The number of nitrogens with one attached hydrogen (secondary N) is 2. The summed E-state index contributed by atoms with van der Waals surface area (Å²) in [6, 6.07) is 0. The van der Waals surface area contributed by atoms with E-state index >= 15 is 0 Å². The monoisotopic (exact) mass is 948 g/mol. The van der Waals surface area contributed by atoms with Crippen molar-refractivity contribution in [3.63, 3.8) is 0 Å². The number of hydrogen-bond acceptors (Lipinski definition) is 9. The average Bonchev–Trinajstić information content (AvgIpc) is 3.34. The second kappa shape index (κ2) is 51.4. The van der Waals surface area contributed by atoms with Crippen LogP contribution >= 0.6 is 0 Å². The lowest BCUT2D eigenvalue weighted by Crippen LogP contribution is -2.50. The van der Waals surface area contributed by atoms with E-state index in [0.29, 0.717) is 30.7 Å². The van der Waals surface area contributed by atoms with E-state index in [4.69, 9.17) is 9.47 Å². The third-order valence-electron chi connectivity index (χ3n) is 13.4. The molecule has 10 heteroatoms. The second-order valence-corrected chi connectivity index (χ2v) is 19.2. The lowest BCUT2D eigenvalue weighted by Gasteiger charge is -2.38. The van der Waals surface area contributed by atoms with Crippen LogP contribution in [-0.4, -0.2) is 107 Å². The minimum atomic E-state index is -0.0646. The molecule has 10 nitrogen and oxygen atoms in total. The smallest absolute Gasteiger partial charge is 0.290 e. The number of carbonyl (C=O) groups excluding carboxylic acids is 3. The van der Waals surface area contributed by atoms with Gasteiger partial charge in [-0.3, -0.25) is 14.8 Å². The van der Waals surface area contributed by atoms with E-state index in [-0.39, 0.29) is 5.91 Å². The molecule has 0 fully saturated rings. The van der Waals surface area contributed by atoms with E-state index < -0.39 is 0 Å². The number of methoxy groups -OCH3 is 2. The third kappa shape index (κ3) is 39.0. The zero-order chi connectivity index (χ0) is 50.0. The summed E-state index contributed by atoms with van der Waals surface area (Å²) < 4.78 is 10.9. The summed E-state index contributed by atoms with van der Waals surface area (Å²) in [5, 5.41) is 9.80. The summed E-state index contributed by atoms with van der Waals surface area (Å²) in [6.07, 6.45) is 46.8. The Balaban J connectivity index is 0. The predicted molar refractivity (Wildman–Crippen MR) is 288 cm³/mol. The normalized spacial score (nSPS) is 13.2. The number of ether oxygens (including phenoxy) is 2. The summed E-state index contributed by atoms with van der Waals surface area (Å²) >= 11 is 0. The Hall–Kier alpha value is -2.43. The Kier molecular flexibility index (Phi) is 51.2. The molecular formula is C57H113N5O5. The maximum absolute atomic E-state index is 12.7. The molecule has 1 aliphatic rings. The molecule has 1 aliphatic heterocycles. The Morgan fingerprint density at radius 3 is 1.28 bits per heavy atom. The van der Waals surface area contributed by atoms with E-state index in [1.807, 2.05) is 28.3 Å². The van der Waals surface area contributed by atoms with E-state index in [1.165, 1.54) is 173 Å². The van der Waals surface area contributed by atoms with Gasteiger partial charge in [0.1, 0.15) is 18.3 Å². The minimum absolute atomic E-state index is 0.0646. The topological polar surface area (TPSA) is 103 Å². The zero-order valence-electron chi connectivity index (χ0n) is 46.0. The Labute approximate surface area is 416 Å². The molecule has 67 heavy (non-hydrogen) atoms. The van der Waals surface area contributed by atoms with Gasteiger partial charge in [0.25, 0.3) is 5.91 Å². The highest BCUT2D eigenvalue weighted by atomic mass is 16.5. The van der Waals surface area contributed by atoms with Gasteiger partial charge in [-0.2, -0.15) is 0 Å². The lowest BCUT2D eigenvalue weighted by molar-refractivity contribution is -0.138. The van der Waals surface area contributed by atoms with Gasteiger partial charge in [0.2, 0.25) is 0 Å². The number of hydrazine groups is 1. The van der Waals surface area contributed by atoms with Gasteiger partial charge in [0.05, 0.1) is 23.6 Å². The van der Waals surface area contributed by atoms with Crippen LogP contribution in [0.5, 0.6) is 0 Å². The van der Waals surface area contributed by atoms with Crippen molar-refractivity contribution in [2.24, 2.45) is 0 Å². The number of nitrogens with zero attached hydrogens (tertiary/aromatic N) is 3. The van der Waals surface area contributed by atoms with Crippen molar-refractivity contribution in [2.75, 3.05) is 61.5 Å². The highest BCUT2D eigenvalue weighted by Gasteiger charge is 2.30. The van der Waals surface area contributed by atoms with Crippen molar-refractivity contribution in [3.8, 4) is 0 Å². The average molecular weight is 949 g/mol. The van der Waals surface area contributed by atoms with Gasteiger partial charge in [-0.1, -0.05) is 188 Å². The first kappa shape index (κ1) is 66.7. The largest absolute Gasteiger partial charge is 0.385 e. The molecule has 0 aromatic carbocycles. The van der Waals surface area contributed by atoms with Crippen LogP contribution in [0.3, 0.4) is 0 Å². The number of amides is 1. The van der Waals surface area contributed by atoms with Gasteiger partial charge in [-0.05, 0) is 77.4 Å². The fourth-order valence-electron chi connectivity index (χ4n) is 8.69. The first-order chi connectivity index (χ1) is 32.7. The van der Waals surface area contributed by atoms with Crippen molar-refractivity contribution in [3.05, 3.63) is 23.7 Å². The SMILES string of the molecule is C=C1C(NC)=C(NCCCN(CCCCCCCC=O)CCCCCCCC=O)C(=O)N(C)N1C.CCCCCCCCC(CC)OC.CCCCCCCCC(CCCCCCCC)OC. The van der Waals surface area contributed by atoms with Crippen LogP contribution in [0.4, 0.5) is 0 Å². The molecule has 0 aliphatic carbocycles. The Morgan fingerprint density at radius 1 is 0.522 bits per heavy atom. The maximum Gasteiger partial charge on any atom is 0.290 e. The van der Waals surface area contributed by atoms with Crippen LogP contribution in [0, 0.1) is 0 Å². The number of carbonyl (C=O) groups is 3. The first-order valence-corrected chi connectivity index (χ1v) is 28.2. The number of hydrogen-bond donors (Lipinski definition) is 2. The van der Waals surface area contributed by atoms with Gasteiger partial charge < -0.3 is 34.6 Å². The second-order valence-electron chi connectivity index (χ2n) is 19.2. The molecule has 0 aromatic rings. The highest BCUT2D eigenvalue weighted by Crippen LogP contribution is 2.22. The molecule has 1 unspecified atom stereocenters. The standard InChI is InChI=1S/C27H49N5O3.C18H38O.C12H26O/c1-24-25(28-2)26(27(35)31(4)30(24)3)29-18-17-21-32(19-13-9-5-7-11-15-22-33)20-14-10-6-8-12-16-23-34;1-4-6-8-10-12-14-16-18(19-3)17-15-13-11-9-7-5-2;1-4-6-7-8-9-10-11-12(5-2)13-3/h22-23,28-29H,1,5-21H2,2-4H3;18H,4-17H2,1-3H3;12H,4-11H2,1-3H3. The van der Waals surface area contributed by atoms with Crippen molar-refractivity contribution in [1.82, 2.24) is 25.6 Å². The predicted octanol–water partition coefficient (Wildman–Crippen LogP) is 14.3. The van der Waals surface area contributed by atoms with Crippen molar-refractivity contribution in [1.29, 1.82) is 0 Å². The van der Waals surface area contributed by atoms with Gasteiger partial charge >= 0.3 is 0 Å². The minimum Gasteiger partial charge on any atom is -0.385 e. The quantitative estimate of drug-likeness (QED) is 0.0456. The number of aldehydes is 2. The van der Waals surface area contributed by atoms with E-state index in [1.54, 1.807) is 17.1 Å². The van der Waals surface area contributed by atoms with Gasteiger partial charge in [-0.15, -0.1) is 0 Å². The summed E-state index contributed by atoms with van der Waals surface area (Å²) in [4.78, 5) is 36.2. The zero-order valence-corrected chi connectivity index (χ0v) is 46.0. The molecule has 396 valence electrons. The Morgan fingerprint density at radius 2 is 0.896 bits per heavy atom. The summed E-state index contributed by atoms with van der Waals surface area (Å²) in [5.74, 6) is -0.0646. The molecule has 1 rings (SSSR count). The van der Waals surface area contributed by atoms with E-state index in [9.17, 15) is 14.4 Å². The molecule has 1 amide bonds. The molecule has 0 bridgehead atoms. The summed E-state index contributed by atoms with van der Waals surface area (Å²) in [7, 11) is 9.11.